The first-order valence-electron chi connectivity index (χ1n) is 5.10. The summed E-state index contributed by atoms with van der Waals surface area (Å²) in [7, 11) is 0. The smallest absolute Gasteiger partial charge is 0.258 e. The SMILES string of the molecule is C=CCNC(=O)COC1=CC(=O)SC1CC. The minimum atomic E-state index is -0.208. The van der Waals surface area contributed by atoms with E-state index in [1.54, 1.807) is 6.08 Å². The van der Waals surface area contributed by atoms with Crippen molar-refractivity contribution in [1.82, 2.24) is 5.32 Å². The highest BCUT2D eigenvalue weighted by atomic mass is 32.2. The molecule has 0 fully saturated rings. The summed E-state index contributed by atoms with van der Waals surface area (Å²) >= 11 is 1.24. The Hall–Kier alpha value is -1.23. The normalized spacial score (nSPS) is 19.2. The summed E-state index contributed by atoms with van der Waals surface area (Å²) in [6.45, 7) is 5.84. The molecular formula is C11H15NO3S. The Balaban J connectivity index is 2.36. The molecule has 88 valence electrons. The van der Waals surface area contributed by atoms with Gasteiger partial charge in [-0.3, -0.25) is 9.59 Å². The van der Waals surface area contributed by atoms with Crippen LogP contribution in [0.3, 0.4) is 0 Å². The van der Waals surface area contributed by atoms with Crippen LogP contribution in [-0.2, 0) is 14.3 Å². The molecule has 1 rings (SSSR count). The van der Waals surface area contributed by atoms with Crippen LogP contribution >= 0.6 is 11.8 Å². The average molecular weight is 241 g/mol. The van der Waals surface area contributed by atoms with Crippen molar-refractivity contribution in [2.45, 2.75) is 18.6 Å². The lowest BCUT2D eigenvalue weighted by molar-refractivity contribution is -0.124. The topological polar surface area (TPSA) is 55.4 Å². The van der Waals surface area contributed by atoms with Gasteiger partial charge in [0.25, 0.3) is 5.91 Å². The summed E-state index contributed by atoms with van der Waals surface area (Å²) in [6.07, 6.45) is 3.87. The van der Waals surface area contributed by atoms with Crippen molar-refractivity contribution in [1.29, 1.82) is 0 Å². The second-order valence-electron chi connectivity index (χ2n) is 3.26. The van der Waals surface area contributed by atoms with Crippen LogP contribution in [0.25, 0.3) is 0 Å². The van der Waals surface area contributed by atoms with Crippen LogP contribution < -0.4 is 5.32 Å². The second kappa shape index (κ2) is 6.37. The molecule has 0 bridgehead atoms. The number of thioether (sulfide) groups is 1. The minimum Gasteiger partial charge on any atom is -0.487 e. The van der Waals surface area contributed by atoms with Crippen molar-refractivity contribution >= 4 is 22.8 Å². The van der Waals surface area contributed by atoms with E-state index in [1.165, 1.54) is 17.8 Å². The zero-order chi connectivity index (χ0) is 12.0. The number of hydrogen-bond donors (Lipinski definition) is 1. The number of amides is 1. The molecule has 0 radical (unpaired) electrons. The third kappa shape index (κ3) is 3.73. The van der Waals surface area contributed by atoms with Crippen molar-refractivity contribution in [3.8, 4) is 0 Å². The molecule has 0 aliphatic carbocycles. The van der Waals surface area contributed by atoms with Crippen LogP contribution in [-0.4, -0.2) is 29.4 Å². The summed E-state index contributed by atoms with van der Waals surface area (Å²) in [6, 6.07) is 0. The summed E-state index contributed by atoms with van der Waals surface area (Å²) < 4.78 is 5.31. The molecule has 4 nitrogen and oxygen atoms in total. The molecule has 1 aliphatic heterocycles. The van der Waals surface area contributed by atoms with Gasteiger partial charge < -0.3 is 10.1 Å². The monoisotopic (exact) mass is 241 g/mol. The highest BCUT2D eigenvalue weighted by molar-refractivity contribution is 8.15. The lowest BCUT2D eigenvalue weighted by Crippen LogP contribution is -2.28. The van der Waals surface area contributed by atoms with Gasteiger partial charge in [-0.05, 0) is 6.42 Å². The maximum atomic E-state index is 11.2. The molecule has 0 aromatic rings. The van der Waals surface area contributed by atoms with Gasteiger partial charge in [-0.25, -0.2) is 0 Å². The Kier molecular flexibility index (Phi) is 5.11. The molecule has 0 aromatic heterocycles. The van der Waals surface area contributed by atoms with Crippen LogP contribution in [0.2, 0.25) is 0 Å². The molecule has 1 aliphatic rings. The van der Waals surface area contributed by atoms with E-state index in [9.17, 15) is 9.59 Å². The lowest BCUT2D eigenvalue weighted by Gasteiger charge is -2.12. The second-order valence-corrected chi connectivity index (χ2v) is 4.47. The Bertz CT molecular complexity index is 325. The molecule has 1 N–H and O–H groups in total. The van der Waals surface area contributed by atoms with Gasteiger partial charge in [-0.2, -0.15) is 0 Å². The highest BCUT2D eigenvalue weighted by Crippen LogP contribution is 2.31. The first-order valence-corrected chi connectivity index (χ1v) is 5.98. The summed E-state index contributed by atoms with van der Waals surface area (Å²) in [4.78, 5) is 22.4. The van der Waals surface area contributed by atoms with Crippen LogP contribution in [0.15, 0.2) is 24.5 Å². The summed E-state index contributed by atoms with van der Waals surface area (Å²) in [5, 5.41) is 2.65. The van der Waals surface area contributed by atoms with Crippen molar-refractivity contribution in [3.05, 3.63) is 24.5 Å². The standard InChI is InChI=1S/C11H15NO3S/c1-3-5-12-10(13)7-15-8-6-11(14)16-9(8)4-2/h3,6,9H,1,4-5,7H2,2H3,(H,12,13). The Morgan fingerprint density at radius 2 is 2.50 bits per heavy atom. The van der Waals surface area contributed by atoms with Crippen molar-refractivity contribution in [2.24, 2.45) is 0 Å². The van der Waals surface area contributed by atoms with Gasteiger partial charge in [-0.1, -0.05) is 24.8 Å². The van der Waals surface area contributed by atoms with E-state index in [0.29, 0.717) is 12.3 Å². The average Bonchev–Trinajstić information content (AvgIpc) is 2.64. The maximum absolute atomic E-state index is 11.2. The molecule has 0 saturated carbocycles. The fourth-order valence-corrected chi connectivity index (χ4v) is 2.13. The van der Waals surface area contributed by atoms with Crippen LogP contribution in [0.1, 0.15) is 13.3 Å². The molecule has 1 unspecified atom stereocenters. The van der Waals surface area contributed by atoms with E-state index in [-0.39, 0.29) is 22.9 Å². The molecule has 16 heavy (non-hydrogen) atoms. The van der Waals surface area contributed by atoms with Gasteiger partial charge in [0.1, 0.15) is 5.76 Å². The number of hydrogen-bond acceptors (Lipinski definition) is 4. The first-order chi connectivity index (χ1) is 7.67. The number of nitrogens with one attached hydrogen (secondary N) is 1. The summed E-state index contributed by atoms with van der Waals surface area (Å²) in [5.74, 6) is 0.395. The van der Waals surface area contributed by atoms with Gasteiger partial charge in [0.15, 0.2) is 6.61 Å². The maximum Gasteiger partial charge on any atom is 0.258 e. The molecule has 1 atom stereocenters. The van der Waals surface area contributed by atoms with E-state index < -0.39 is 0 Å². The number of rotatable bonds is 6. The minimum absolute atomic E-state index is 0.00616. The van der Waals surface area contributed by atoms with E-state index in [1.807, 2.05) is 6.92 Å². The predicted octanol–water partition coefficient (Wildman–Crippen LogP) is 1.24. The van der Waals surface area contributed by atoms with Gasteiger partial charge in [0.2, 0.25) is 5.12 Å². The van der Waals surface area contributed by atoms with E-state index >= 15 is 0 Å². The molecule has 1 amide bonds. The fraction of sp³-hybridized carbons (Fsp3) is 0.455. The number of ether oxygens (including phenoxy) is 1. The highest BCUT2D eigenvalue weighted by Gasteiger charge is 2.25. The number of carbonyl (C=O) groups excluding carboxylic acids is 2. The third-order valence-electron chi connectivity index (χ3n) is 2.02. The zero-order valence-electron chi connectivity index (χ0n) is 9.19. The van der Waals surface area contributed by atoms with Gasteiger partial charge in [-0.15, -0.1) is 6.58 Å². The van der Waals surface area contributed by atoms with E-state index in [4.69, 9.17) is 4.74 Å². The Morgan fingerprint density at radius 1 is 1.75 bits per heavy atom. The molecular weight excluding hydrogens is 226 g/mol. The van der Waals surface area contributed by atoms with E-state index in [0.717, 1.165) is 6.42 Å². The molecule has 0 aromatic carbocycles. The largest absolute Gasteiger partial charge is 0.487 e. The summed E-state index contributed by atoms with van der Waals surface area (Å²) in [5.41, 5.74) is 0. The zero-order valence-corrected chi connectivity index (χ0v) is 10.0. The van der Waals surface area contributed by atoms with Crippen LogP contribution in [0.4, 0.5) is 0 Å². The Morgan fingerprint density at radius 3 is 3.12 bits per heavy atom. The molecule has 0 saturated heterocycles. The predicted molar refractivity (Wildman–Crippen MR) is 63.9 cm³/mol. The molecule has 1 heterocycles. The van der Waals surface area contributed by atoms with E-state index in [2.05, 4.69) is 11.9 Å². The first kappa shape index (κ1) is 12.8. The van der Waals surface area contributed by atoms with Crippen molar-refractivity contribution in [2.75, 3.05) is 13.2 Å². The quantitative estimate of drug-likeness (QED) is 0.711. The van der Waals surface area contributed by atoms with Gasteiger partial charge in [0.05, 0.1) is 5.25 Å². The van der Waals surface area contributed by atoms with Gasteiger partial charge >= 0.3 is 0 Å². The van der Waals surface area contributed by atoms with Crippen LogP contribution in [0.5, 0.6) is 0 Å². The fourth-order valence-electron chi connectivity index (χ4n) is 1.25. The lowest BCUT2D eigenvalue weighted by atomic mass is 10.3. The third-order valence-corrected chi connectivity index (χ3v) is 3.22. The van der Waals surface area contributed by atoms with Crippen LogP contribution in [0, 0.1) is 0 Å². The molecule has 0 spiro atoms. The van der Waals surface area contributed by atoms with Crippen molar-refractivity contribution < 1.29 is 14.3 Å². The number of carbonyl (C=O) groups is 2. The Labute approximate surface area is 99.1 Å². The van der Waals surface area contributed by atoms with Gasteiger partial charge in [0, 0.05) is 12.6 Å². The molecule has 5 heteroatoms. The van der Waals surface area contributed by atoms with Crippen molar-refractivity contribution in [3.63, 3.8) is 0 Å².